The summed E-state index contributed by atoms with van der Waals surface area (Å²) in [6, 6.07) is 10.8. The number of piperidine rings is 1. The molecule has 3 heterocycles. The number of benzene rings is 1. The van der Waals surface area contributed by atoms with Crippen LogP contribution >= 0.6 is 0 Å². The van der Waals surface area contributed by atoms with Gasteiger partial charge in [0.25, 0.3) is 0 Å². The molecule has 0 aromatic heterocycles. The second kappa shape index (κ2) is 8.93. The van der Waals surface area contributed by atoms with Crippen molar-refractivity contribution in [2.75, 3.05) is 46.4 Å². The van der Waals surface area contributed by atoms with Gasteiger partial charge in [0, 0.05) is 52.1 Å². The average molecular weight is 373 g/mol. The molecule has 1 aromatic carbocycles. The summed E-state index contributed by atoms with van der Waals surface area (Å²) in [7, 11) is 1.87. The van der Waals surface area contributed by atoms with E-state index in [-0.39, 0.29) is 12.2 Å². The molecule has 0 radical (unpaired) electrons. The highest BCUT2D eigenvalue weighted by Gasteiger charge is 2.32. The highest BCUT2D eigenvalue weighted by atomic mass is 16.5. The number of nitrogens with one attached hydrogen (secondary N) is 1. The van der Waals surface area contributed by atoms with Gasteiger partial charge in [-0.15, -0.1) is 0 Å². The lowest BCUT2D eigenvalue weighted by Gasteiger charge is -2.37. The van der Waals surface area contributed by atoms with Crippen LogP contribution in [-0.2, 0) is 4.74 Å². The van der Waals surface area contributed by atoms with Crippen molar-refractivity contribution < 1.29 is 9.47 Å². The van der Waals surface area contributed by atoms with E-state index >= 15 is 0 Å². The minimum Gasteiger partial charge on any atom is -0.490 e. The number of guanidine groups is 1. The fraction of sp³-hybridized carbons (Fsp3) is 0.667. The first-order valence-corrected chi connectivity index (χ1v) is 10.3. The Morgan fingerprint density at radius 3 is 2.78 bits per heavy atom. The number of nitrogens with zero attached hydrogens (tertiary/aromatic N) is 3. The van der Waals surface area contributed by atoms with Gasteiger partial charge >= 0.3 is 0 Å². The predicted molar refractivity (Wildman–Crippen MR) is 107 cm³/mol. The number of morpholine rings is 1. The van der Waals surface area contributed by atoms with Crippen molar-refractivity contribution in [2.24, 2.45) is 4.99 Å². The van der Waals surface area contributed by atoms with Gasteiger partial charge < -0.3 is 19.7 Å². The van der Waals surface area contributed by atoms with Gasteiger partial charge in [0.05, 0.1) is 12.7 Å². The van der Waals surface area contributed by atoms with Crippen molar-refractivity contribution in [3.8, 4) is 5.75 Å². The third-order valence-electron chi connectivity index (χ3n) is 5.95. The number of aliphatic imine (C=N–C) groups is 1. The topological polar surface area (TPSA) is 49.3 Å². The van der Waals surface area contributed by atoms with Gasteiger partial charge in [-0.2, -0.15) is 0 Å². The molecule has 0 spiro atoms. The molecule has 2 atom stereocenters. The number of ether oxygens (including phenoxy) is 2. The number of hydrogen-bond acceptors (Lipinski definition) is 4. The van der Waals surface area contributed by atoms with Crippen LogP contribution in [0.3, 0.4) is 0 Å². The van der Waals surface area contributed by atoms with Crippen LogP contribution in [0.5, 0.6) is 5.75 Å². The Morgan fingerprint density at radius 1 is 1.19 bits per heavy atom. The summed E-state index contributed by atoms with van der Waals surface area (Å²) in [5.74, 6) is 1.95. The SMILES string of the molecule is CN=C(NCC1CN2CCCC2CO1)N1CCC(Oc2ccccc2)CC1. The molecule has 3 fully saturated rings. The number of fused-ring (bicyclic) bond motifs is 1. The van der Waals surface area contributed by atoms with Crippen LogP contribution in [-0.4, -0.2) is 80.4 Å². The van der Waals surface area contributed by atoms with E-state index in [9.17, 15) is 0 Å². The van der Waals surface area contributed by atoms with Gasteiger partial charge in [-0.3, -0.25) is 9.89 Å². The zero-order valence-electron chi connectivity index (χ0n) is 16.3. The third-order valence-corrected chi connectivity index (χ3v) is 5.95. The van der Waals surface area contributed by atoms with Gasteiger partial charge in [-0.05, 0) is 31.5 Å². The van der Waals surface area contributed by atoms with Crippen molar-refractivity contribution in [2.45, 2.75) is 43.9 Å². The van der Waals surface area contributed by atoms with E-state index in [1.807, 2.05) is 37.4 Å². The Bertz CT molecular complexity index is 616. The van der Waals surface area contributed by atoms with E-state index in [0.29, 0.717) is 6.04 Å². The monoisotopic (exact) mass is 372 g/mol. The second-order valence-corrected chi connectivity index (χ2v) is 7.79. The molecule has 6 nitrogen and oxygen atoms in total. The van der Waals surface area contributed by atoms with Crippen LogP contribution in [0.2, 0.25) is 0 Å². The van der Waals surface area contributed by atoms with E-state index in [1.165, 1.54) is 19.4 Å². The zero-order valence-corrected chi connectivity index (χ0v) is 16.3. The maximum Gasteiger partial charge on any atom is 0.193 e. The van der Waals surface area contributed by atoms with Gasteiger partial charge in [-0.25, -0.2) is 0 Å². The smallest absolute Gasteiger partial charge is 0.193 e. The molecule has 3 aliphatic rings. The predicted octanol–water partition coefficient (Wildman–Crippen LogP) is 1.97. The maximum absolute atomic E-state index is 6.10. The number of likely N-dealkylation sites (tertiary alicyclic amines) is 1. The first-order valence-electron chi connectivity index (χ1n) is 10.3. The van der Waals surface area contributed by atoms with Crippen LogP contribution in [0.4, 0.5) is 0 Å². The summed E-state index contributed by atoms with van der Waals surface area (Å²) in [5.41, 5.74) is 0. The van der Waals surface area contributed by atoms with Crippen LogP contribution in [0.25, 0.3) is 0 Å². The van der Waals surface area contributed by atoms with Gasteiger partial charge in [0.15, 0.2) is 5.96 Å². The molecular formula is C21H32N4O2. The van der Waals surface area contributed by atoms with Crippen LogP contribution in [0.15, 0.2) is 35.3 Å². The van der Waals surface area contributed by atoms with E-state index in [4.69, 9.17) is 9.47 Å². The van der Waals surface area contributed by atoms with Crippen molar-refractivity contribution in [1.29, 1.82) is 0 Å². The molecule has 148 valence electrons. The van der Waals surface area contributed by atoms with E-state index < -0.39 is 0 Å². The number of para-hydroxylation sites is 1. The first-order chi connectivity index (χ1) is 13.3. The Morgan fingerprint density at radius 2 is 2.00 bits per heavy atom. The fourth-order valence-corrected chi connectivity index (χ4v) is 4.42. The standard InChI is InChI=1S/C21H32N4O2/c1-22-21(23-14-20-15-25-11-5-6-17(25)16-26-20)24-12-9-19(10-13-24)27-18-7-3-2-4-8-18/h2-4,7-8,17,19-20H,5-6,9-16H2,1H3,(H,22,23). The van der Waals surface area contributed by atoms with Crippen molar-refractivity contribution >= 4 is 5.96 Å². The molecule has 4 rings (SSSR count). The zero-order chi connectivity index (χ0) is 18.5. The van der Waals surface area contributed by atoms with Crippen LogP contribution in [0.1, 0.15) is 25.7 Å². The molecule has 0 saturated carbocycles. The lowest BCUT2D eigenvalue weighted by molar-refractivity contribution is -0.0455. The number of rotatable bonds is 4. The Balaban J connectivity index is 1.21. The molecule has 0 amide bonds. The molecule has 0 bridgehead atoms. The van der Waals surface area contributed by atoms with Gasteiger partial charge in [0.1, 0.15) is 11.9 Å². The molecule has 3 aliphatic heterocycles. The van der Waals surface area contributed by atoms with Crippen molar-refractivity contribution in [1.82, 2.24) is 15.1 Å². The number of hydrogen-bond donors (Lipinski definition) is 1. The summed E-state index contributed by atoms with van der Waals surface area (Å²) < 4.78 is 12.2. The normalized spacial score (nSPS) is 27.4. The molecule has 1 aromatic rings. The summed E-state index contributed by atoms with van der Waals surface area (Å²) in [6.45, 7) is 5.92. The highest BCUT2D eigenvalue weighted by molar-refractivity contribution is 5.80. The van der Waals surface area contributed by atoms with Crippen LogP contribution < -0.4 is 10.1 Å². The third kappa shape index (κ3) is 4.74. The minimum atomic E-state index is 0.259. The summed E-state index contributed by atoms with van der Waals surface area (Å²) in [6.07, 6.45) is 5.19. The quantitative estimate of drug-likeness (QED) is 0.647. The lowest BCUT2D eigenvalue weighted by Crippen LogP contribution is -2.53. The Hall–Kier alpha value is -1.79. The van der Waals surface area contributed by atoms with Crippen LogP contribution in [0, 0.1) is 0 Å². The summed E-state index contributed by atoms with van der Waals surface area (Å²) in [5, 5.41) is 3.54. The molecule has 2 unspecified atom stereocenters. The first kappa shape index (κ1) is 18.6. The van der Waals surface area contributed by atoms with Gasteiger partial charge in [0.2, 0.25) is 0 Å². The Labute approximate surface area is 162 Å². The molecule has 1 N–H and O–H groups in total. The van der Waals surface area contributed by atoms with Crippen molar-refractivity contribution in [3.63, 3.8) is 0 Å². The van der Waals surface area contributed by atoms with Gasteiger partial charge in [-0.1, -0.05) is 18.2 Å². The van der Waals surface area contributed by atoms with E-state index in [1.54, 1.807) is 0 Å². The van der Waals surface area contributed by atoms with E-state index in [2.05, 4.69) is 20.1 Å². The second-order valence-electron chi connectivity index (χ2n) is 7.79. The maximum atomic E-state index is 6.10. The average Bonchev–Trinajstić information content (AvgIpc) is 3.18. The van der Waals surface area contributed by atoms with Crippen molar-refractivity contribution in [3.05, 3.63) is 30.3 Å². The Kier molecular flexibility index (Phi) is 6.14. The molecule has 27 heavy (non-hydrogen) atoms. The largest absolute Gasteiger partial charge is 0.490 e. The molecule has 6 heteroatoms. The fourth-order valence-electron chi connectivity index (χ4n) is 4.42. The van der Waals surface area contributed by atoms with E-state index in [0.717, 1.165) is 57.3 Å². The molecule has 0 aliphatic carbocycles. The molecular weight excluding hydrogens is 340 g/mol. The lowest BCUT2D eigenvalue weighted by atomic mass is 10.1. The summed E-state index contributed by atoms with van der Waals surface area (Å²) >= 11 is 0. The minimum absolute atomic E-state index is 0.259. The summed E-state index contributed by atoms with van der Waals surface area (Å²) in [4.78, 5) is 9.42. The highest BCUT2D eigenvalue weighted by Crippen LogP contribution is 2.22. The molecule has 3 saturated heterocycles.